The van der Waals surface area contributed by atoms with Crippen molar-refractivity contribution < 1.29 is 37.3 Å². The Hall–Kier alpha value is -0.920. The fraction of sp³-hybridized carbons (Fsp3) is 0.921. The molecule has 0 aliphatic heterocycles. The van der Waals surface area contributed by atoms with E-state index in [9.17, 15) is 14.3 Å². The molecule has 47 heavy (non-hydrogen) atoms. The second-order valence-corrected chi connectivity index (χ2v) is 15.8. The number of carbonyl (C=O) groups is 1. The Morgan fingerprint density at radius 3 is 1.57 bits per heavy atom. The number of esters is 1. The molecule has 0 aromatic carbocycles. The van der Waals surface area contributed by atoms with Crippen LogP contribution in [0.1, 0.15) is 174 Å². The second-order valence-electron chi connectivity index (χ2n) is 14.4. The number of phosphoric acid groups is 1. The molecule has 0 bridgehead atoms. The molecule has 2 atom stereocenters. The summed E-state index contributed by atoms with van der Waals surface area (Å²) < 4.78 is 34.5. The van der Waals surface area contributed by atoms with Crippen LogP contribution in [0.15, 0.2) is 12.3 Å². The van der Waals surface area contributed by atoms with E-state index in [2.05, 4.69) is 13.8 Å². The summed E-state index contributed by atoms with van der Waals surface area (Å²) in [6, 6.07) is 0. The zero-order valence-corrected chi connectivity index (χ0v) is 32.4. The number of hydrogen-bond acceptors (Lipinski definition) is 6. The summed E-state index contributed by atoms with van der Waals surface area (Å²) in [5.74, 6) is -0.341. The summed E-state index contributed by atoms with van der Waals surface area (Å²) in [5.41, 5.74) is 0. The van der Waals surface area contributed by atoms with E-state index in [1.54, 1.807) is 6.26 Å². The fourth-order valence-corrected chi connectivity index (χ4v) is 6.08. The third-order valence-electron chi connectivity index (χ3n) is 8.42. The molecule has 0 amide bonds. The highest BCUT2D eigenvalue weighted by Gasteiger charge is 2.26. The lowest BCUT2D eigenvalue weighted by molar-refractivity contribution is -0.870. The number of hydrogen-bond donors (Lipinski definition) is 1. The van der Waals surface area contributed by atoms with Crippen LogP contribution in [0.25, 0.3) is 0 Å². The van der Waals surface area contributed by atoms with Crippen LogP contribution in [0.5, 0.6) is 0 Å². The van der Waals surface area contributed by atoms with Gasteiger partial charge in [0.15, 0.2) is 6.10 Å². The number of ether oxygens (including phenoxy) is 2. The smallest absolute Gasteiger partial charge is 0.472 e. The topological polar surface area (TPSA) is 91.3 Å². The van der Waals surface area contributed by atoms with Gasteiger partial charge in [-0.3, -0.25) is 13.8 Å². The zero-order chi connectivity index (χ0) is 34.9. The average Bonchev–Trinajstić information content (AvgIpc) is 3.01. The van der Waals surface area contributed by atoms with Gasteiger partial charge in [-0.05, 0) is 25.3 Å². The molecule has 0 spiro atoms. The maximum Gasteiger partial charge on any atom is 0.472 e. The Kier molecular flexibility index (Phi) is 31.7. The monoisotopic (exact) mass is 691 g/mol. The van der Waals surface area contributed by atoms with E-state index in [0.717, 1.165) is 32.1 Å². The molecule has 0 saturated carbocycles. The van der Waals surface area contributed by atoms with E-state index in [1.807, 2.05) is 27.2 Å². The van der Waals surface area contributed by atoms with Crippen molar-refractivity contribution in [2.75, 3.05) is 47.5 Å². The van der Waals surface area contributed by atoms with Gasteiger partial charge in [0.1, 0.15) is 19.8 Å². The van der Waals surface area contributed by atoms with Gasteiger partial charge < -0.3 is 18.9 Å². The van der Waals surface area contributed by atoms with Gasteiger partial charge in [-0.2, -0.15) is 0 Å². The quantitative estimate of drug-likeness (QED) is 0.0230. The first-order valence-electron chi connectivity index (χ1n) is 19.5. The highest BCUT2D eigenvalue weighted by atomic mass is 31.2. The van der Waals surface area contributed by atoms with Crippen LogP contribution in [0, 0.1) is 0 Å². The van der Waals surface area contributed by atoms with E-state index < -0.39 is 13.9 Å². The van der Waals surface area contributed by atoms with Crippen LogP contribution in [-0.2, 0) is 27.9 Å². The van der Waals surface area contributed by atoms with Crippen molar-refractivity contribution in [1.82, 2.24) is 0 Å². The lowest BCUT2D eigenvalue weighted by atomic mass is 10.0. The molecule has 1 unspecified atom stereocenters. The summed E-state index contributed by atoms with van der Waals surface area (Å²) in [5, 5.41) is 0. The van der Waals surface area contributed by atoms with Gasteiger partial charge in [-0.15, -0.1) is 0 Å². The maximum atomic E-state index is 12.5. The molecule has 9 heteroatoms. The van der Waals surface area contributed by atoms with Gasteiger partial charge in [-0.25, -0.2) is 4.57 Å². The predicted molar refractivity (Wildman–Crippen MR) is 196 cm³/mol. The molecule has 0 fully saturated rings. The fourth-order valence-electron chi connectivity index (χ4n) is 5.34. The lowest BCUT2D eigenvalue weighted by Crippen LogP contribution is -2.37. The number of phosphoric ester groups is 1. The number of unbranched alkanes of at least 4 members (excludes halogenated alkanes) is 22. The Labute approximate surface area is 290 Å². The van der Waals surface area contributed by atoms with Gasteiger partial charge in [0.25, 0.3) is 0 Å². The SMILES string of the molecule is CCCCCCCCCCCCCCCCCC/C=C/OC[C@@H](COP(=O)(O)OCC[N+](C)(C)C)OC(=O)CCCCCCCCC. The molecule has 0 heterocycles. The Morgan fingerprint density at radius 2 is 1.11 bits per heavy atom. The lowest BCUT2D eigenvalue weighted by Gasteiger charge is -2.24. The van der Waals surface area contributed by atoms with Crippen LogP contribution in [0.3, 0.4) is 0 Å². The van der Waals surface area contributed by atoms with Crippen molar-refractivity contribution in [1.29, 1.82) is 0 Å². The summed E-state index contributed by atoms with van der Waals surface area (Å²) in [4.78, 5) is 22.6. The van der Waals surface area contributed by atoms with Crippen molar-refractivity contribution in [3.05, 3.63) is 12.3 Å². The van der Waals surface area contributed by atoms with E-state index in [0.29, 0.717) is 17.4 Å². The molecule has 1 N–H and O–H groups in total. The molecule has 0 aromatic rings. The van der Waals surface area contributed by atoms with Crippen molar-refractivity contribution >= 4 is 13.8 Å². The first kappa shape index (κ1) is 46.1. The molecule has 0 aliphatic rings. The molecule has 0 radical (unpaired) electrons. The number of rotatable bonds is 36. The molecule has 0 aliphatic carbocycles. The Bertz CT molecular complexity index is 772. The molecule has 280 valence electrons. The van der Waals surface area contributed by atoms with E-state index in [1.165, 1.54) is 122 Å². The first-order chi connectivity index (χ1) is 22.6. The highest BCUT2D eigenvalue weighted by Crippen LogP contribution is 2.43. The number of nitrogens with zero attached hydrogens (tertiary/aromatic N) is 1. The van der Waals surface area contributed by atoms with Crippen LogP contribution in [-0.4, -0.2) is 69.0 Å². The normalized spacial score (nSPS) is 14.0. The van der Waals surface area contributed by atoms with Crippen LogP contribution in [0.4, 0.5) is 0 Å². The average molecular weight is 691 g/mol. The second kappa shape index (κ2) is 32.3. The van der Waals surface area contributed by atoms with E-state index >= 15 is 0 Å². The molecule has 0 rings (SSSR count). The van der Waals surface area contributed by atoms with Gasteiger partial charge in [-0.1, -0.05) is 149 Å². The minimum atomic E-state index is -4.27. The van der Waals surface area contributed by atoms with Gasteiger partial charge in [0, 0.05) is 6.42 Å². The van der Waals surface area contributed by atoms with Gasteiger partial charge in [0.2, 0.25) is 0 Å². The maximum absolute atomic E-state index is 12.5. The molecule has 0 aromatic heterocycles. The van der Waals surface area contributed by atoms with E-state index in [4.69, 9.17) is 18.5 Å². The molecular formula is C38H77NO7P+. The largest absolute Gasteiger partial charge is 0.498 e. The molecule has 0 saturated heterocycles. The summed E-state index contributed by atoms with van der Waals surface area (Å²) in [6.45, 7) is 4.89. The molecular weight excluding hydrogens is 613 g/mol. The first-order valence-corrected chi connectivity index (χ1v) is 21.0. The van der Waals surface area contributed by atoms with Gasteiger partial charge >= 0.3 is 13.8 Å². The van der Waals surface area contributed by atoms with E-state index in [-0.39, 0.29) is 25.8 Å². The zero-order valence-electron chi connectivity index (χ0n) is 31.5. The minimum Gasteiger partial charge on any atom is -0.498 e. The molecule has 8 nitrogen and oxygen atoms in total. The van der Waals surface area contributed by atoms with Crippen molar-refractivity contribution in [3.8, 4) is 0 Å². The highest BCUT2D eigenvalue weighted by molar-refractivity contribution is 7.47. The van der Waals surface area contributed by atoms with Crippen molar-refractivity contribution in [3.63, 3.8) is 0 Å². The minimum absolute atomic E-state index is 0.0527. The van der Waals surface area contributed by atoms with Gasteiger partial charge in [0.05, 0.1) is 34.0 Å². The standard InChI is InChI=1S/C38H76NO7P/c1-6-8-10-12-14-15-16-17-18-19-20-21-22-23-24-26-28-30-33-43-35-37(36-45-47(41,42)44-34-32-39(3,4)5)46-38(40)31-29-27-25-13-11-9-7-2/h30,33,37H,6-29,31-32,34-36H2,1-5H3/p+1/b33-30+/t37-/m0/s1. The summed E-state index contributed by atoms with van der Waals surface area (Å²) in [7, 11) is 1.64. The summed E-state index contributed by atoms with van der Waals surface area (Å²) in [6.07, 6.45) is 33.5. The van der Waals surface area contributed by atoms with Crippen molar-refractivity contribution in [2.45, 2.75) is 180 Å². The summed E-state index contributed by atoms with van der Waals surface area (Å²) >= 11 is 0. The number of quaternary nitrogens is 1. The number of carbonyl (C=O) groups excluding carboxylic acids is 1. The van der Waals surface area contributed by atoms with Crippen LogP contribution < -0.4 is 0 Å². The Balaban J connectivity index is 4.18. The van der Waals surface area contributed by atoms with Crippen LogP contribution in [0.2, 0.25) is 0 Å². The third-order valence-corrected chi connectivity index (χ3v) is 9.41. The predicted octanol–water partition coefficient (Wildman–Crippen LogP) is 11.1. The number of allylic oxidation sites excluding steroid dienone is 1. The number of likely N-dealkylation sites (N-methyl/N-ethyl adjacent to an activating group) is 1. The Morgan fingerprint density at radius 1 is 0.660 bits per heavy atom. The third kappa shape index (κ3) is 36.2. The van der Waals surface area contributed by atoms with Crippen LogP contribution >= 0.6 is 7.82 Å². The van der Waals surface area contributed by atoms with Crippen molar-refractivity contribution in [2.24, 2.45) is 0 Å².